The molecule has 1 saturated carbocycles. The predicted molar refractivity (Wildman–Crippen MR) is 72.8 cm³/mol. The molecular formula is C13H22O6S. The first-order chi connectivity index (χ1) is 9.34. The van der Waals surface area contributed by atoms with Crippen LogP contribution in [0.2, 0.25) is 0 Å². The molecule has 0 aromatic carbocycles. The highest BCUT2D eigenvalue weighted by molar-refractivity contribution is 7.92. The van der Waals surface area contributed by atoms with Gasteiger partial charge < -0.3 is 9.47 Å². The maximum atomic E-state index is 12.1. The first-order valence-corrected chi connectivity index (χ1v) is 8.61. The molecule has 0 aliphatic heterocycles. The van der Waals surface area contributed by atoms with E-state index >= 15 is 0 Å². The topological polar surface area (TPSA) is 86.7 Å². The molecule has 1 fully saturated rings. The van der Waals surface area contributed by atoms with Gasteiger partial charge in [0.05, 0.1) is 18.5 Å². The molecule has 7 heteroatoms. The van der Waals surface area contributed by atoms with Crippen LogP contribution in [0.15, 0.2) is 0 Å². The smallest absolute Gasteiger partial charge is 0.323 e. The Morgan fingerprint density at radius 3 is 2.00 bits per heavy atom. The van der Waals surface area contributed by atoms with Gasteiger partial charge in [-0.3, -0.25) is 9.59 Å². The lowest BCUT2D eigenvalue weighted by atomic mass is 9.86. The van der Waals surface area contributed by atoms with E-state index in [1.165, 1.54) is 0 Å². The minimum Gasteiger partial charge on any atom is -0.465 e. The minimum atomic E-state index is -3.28. The van der Waals surface area contributed by atoms with E-state index in [0.29, 0.717) is 0 Å². The van der Waals surface area contributed by atoms with Crippen LogP contribution >= 0.6 is 0 Å². The molecule has 0 spiro atoms. The standard InChI is InChI=1S/C13H22O6S/c1-4-18-11(14)13(12(15)19-5-2)8-7-10(9-13)20(16,17)6-3/h10H,4-9H2,1-3H3. The van der Waals surface area contributed by atoms with Crippen molar-refractivity contribution in [3.63, 3.8) is 0 Å². The van der Waals surface area contributed by atoms with Crippen LogP contribution in [0, 0.1) is 5.41 Å². The first-order valence-electron chi connectivity index (χ1n) is 6.90. The summed E-state index contributed by atoms with van der Waals surface area (Å²) in [5.41, 5.74) is -1.46. The lowest BCUT2D eigenvalue weighted by Gasteiger charge is -2.24. The summed E-state index contributed by atoms with van der Waals surface area (Å²) in [6.07, 6.45) is 0.406. The Bertz CT molecular complexity index is 449. The lowest BCUT2D eigenvalue weighted by molar-refractivity contribution is -0.171. The van der Waals surface area contributed by atoms with Crippen molar-refractivity contribution >= 4 is 21.8 Å². The summed E-state index contributed by atoms with van der Waals surface area (Å²) in [6, 6.07) is 0. The van der Waals surface area contributed by atoms with E-state index in [1.807, 2.05) is 0 Å². The Balaban J connectivity index is 3.04. The van der Waals surface area contributed by atoms with E-state index in [2.05, 4.69) is 0 Å². The molecule has 1 aliphatic rings. The number of carbonyl (C=O) groups is 2. The number of carbonyl (C=O) groups excluding carboxylic acids is 2. The molecule has 0 N–H and O–H groups in total. The Morgan fingerprint density at radius 2 is 1.60 bits per heavy atom. The molecule has 0 saturated heterocycles. The van der Waals surface area contributed by atoms with Crippen LogP contribution < -0.4 is 0 Å². The molecule has 0 aromatic heterocycles. The molecule has 1 rings (SSSR count). The van der Waals surface area contributed by atoms with Gasteiger partial charge in [-0.1, -0.05) is 6.92 Å². The van der Waals surface area contributed by atoms with Crippen LogP contribution in [-0.4, -0.2) is 44.6 Å². The van der Waals surface area contributed by atoms with Crippen LogP contribution in [0.1, 0.15) is 40.0 Å². The maximum Gasteiger partial charge on any atom is 0.323 e. The van der Waals surface area contributed by atoms with E-state index in [0.717, 1.165) is 0 Å². The Kier molecular flexibility index (Phi) is 5.56. The average Bonchev–Trinajstić information content (AvgIpc) is 2.86. The fraction of sp³-hybridized carbons (Fsp3) is 0.846. The SMILES string of the molecule is CCOC(=O)C1(C(=O)OCC)CCC(S(=O)(=O)CC)C1. The number of sulfone groups is 1. The van der Waals surface area contributed by atoms with Crippen molar-refractivity contribution in [2.75, 3.05) is 19.0 Å². The largest absolute Gasteiger partial charge is 0.465 e. The highest BCUT2D eigenvalue weighted by Gasteiger charge is 2.56. The number of rotatable bonds is 6. The normalized spacial score (nSPS) is 21.4. The predicted octanol–water partition coefficient (Wildman–Crippen LogP) is 1.09. The maximum absolute atomic E-state index is 12.1. The van der Waals surface area contributed by atoms with Gasteiger partial charge in [0, 0.05) is 5.75 Å². The summed E-state index contributed by atoms with van der Waals surface area (Å²) in [5.74, 6) is -1.35. The third-order valence-electron chi connectivity index (χ3n) is 3.71. The van der Waals surface area contributed by atoms with Crippen molar-refractivity contribution in [2.24, 2.45) is 5.41 Å². The van der Waals surface area contributed by atoms with E-state index < -0.39 is 32.4 Å². The Hall–Kier alpha value is -1.11. The summed E-state index contributed by atoms with van der Waals surface area (Å²) in [4.78, 5) is 24.3. The molecule has 0 amide bonds. The van der Waals surface area contributed by atoms with Crippen molar-refractivity contribution in [2.45, 2.75) is 45.3 Å². The number of esters is 2. The zero-order valence-corrected chi connectivity index (χ0v) is 13.0. The minimum absolute atomic E-state index is 0.000598. The number of hydrogen-bond donors (Lipinski definition) is 0. The summed E-state index contributed by atoms with van der Waals surface area (Å²) in [5, 5.41) is -0.679. The van der Waals surface area contributed by atoms with Crippen LogP contribution in [0.25, 0.3) is 0 Å². The number of ether oxygens (including phenoxy) is 2. The monoisotopic (exact) mass is 306 g/mol. The molecule has 0 bridgehead atoms. The molecule has 0 radical (unpaired) electrons. The van der Waals surface area contributed by atoms with E-state index in [9.17, 15) is 18.0 Å². The zero-order valence-electron chi connectivity index (χ0n) is 12.2. The fourth-order valence-corrected chi connectivity index (χ4v) is 4.02. The highest BCUT2D eigenvalue weighted by Crippen LogP contribution is 2.43. The summed E-state index contributed by atoms with van der Waals surface area (Å²) >= 11 is 0. The molecule has 20 heavy (non-hydrogen) atoms. The van der Waals surface area contributed by atoms with E-state index in [1.54, 1.807) is 20.8 Å². The highest BCUT2D eigenvalue weighted by atomic mass is 32.2. The summed E-state index contributed by atoms with van der Waals surface area (Å²) in [7, 11) is -3.28. The van der Waals surface area contributed by atoms with Gasteiger partial charge in [0.1, 0.15) is 0 Å². The molecule has 116 valence electrons. The average molecular weight is 306 g/mol. The molecule has 6 nitrogen and oxygen atoms in total. The van der Waals surface area contributed by atoms with Crippen molar-refractivity contribution in [3.8, 4) is 0 Å². The van der Waals surface area contributed by atoms with Crippen LogP contribution in [0.3, 0.4) is 0 Å². The molecule has 1 unspecified atom stereocenters. The van der Waals surface area contributed by atoms with Crippen LogP contribution in [0.5, 0.6) is 0 Å². The van der Waals surface area contributed by atoms with Crippen molar-refractivity contribution in [1.29, 1.82) is 0 Å². The summed E-state index contributed by atoms with van der Waals surface area (Å²) in [6.45, 7) is 5.14. The van der Waals surface area contributed by atoms with Gasteiger partial charge in [0.25, 0.3) is 0 Å². The third kappa shape index (κ3) is 3.13. The van der Waals surface area contributed by atoms with Crippen molar-refractivity contribution < 1.29 is 27.5 Å². The second-order valence-electron chi connectivity index (χ2n) is 4.84. The Labute approximate surface area is 119 Å². The van der Waals surface area contributed by atoms with Gasteiger partial charge in [0.2, 0.25) is 0 Å². The molecule has 0 heterocycles. The molecular weight excluding hydrogens is 284 g/mol. The van der Waals surface area contributed by atoms with Gasteiger partial charge in [-0.2, -0.15) is 0 Å². The lowest BCUT2D eigenvalue weighted by Crippen LogP contribution is -2.41. The van der Waals surface area contributed by atoms with E-state index in [4.69, 9.17) is 9.47 Å². The zero-order chi connectivity index (χ0) is 15.4. The van der Waals surface area contributed by atoms with Crippen LogP contribution in [-0.2, 0) is 28.9 Å². The molecule has 0 aromatic rings. The van der Waals surface area contributed by atoms with Gasteiger partial charge >= 0.3 is 11.9 Å². The quantitative estimate of drug-likeness (QED) is 0.539. The molecule has 1 aliphatic carbocycles. The van der Waals surface area contributed by atoms with Gasteiger partial charge in [-0.05, 0) is 33.1 Å². The van der Waals surface area contributed by atoms with Crippen LogP contribution in [0.4, 0.5) is 0 Å². The summed E-state index contributed by atoms with van der Waals surface area (Å²) < 4.78 is 33.8. The second kappa shape index (κ2) is 6.56. The first kappa shape index (κ1) is 16.9. The van der Waals surface area contributed by atoms with E-state index in [-0.39, 0.29) is 38.2 Å². The second-order valence-corrected chi connectivity index (χ2v) is 7.41. The van der Waals surface area contributed by atoms with Crippen molar-refractivity contribution in [3.05, 3.63) is 0 Å². The Morgan fingerprint density at radius 1 is 1.10 bits per heavy atom. The fourth-order valence-electron chi connectivity index (χ4n) is 2.54. The number of hydrogen-bond acceptors (Lipinski definition) is 6. The van der Waals surface area contributed by atoms with Gasteiger partial charge in [0.15, 0.2) is 15.3 Å². The van der Waals surface area contributed by atoms with Gasteiger partial charge in [-0.25, -0.2) is 8.42 Å². The molecule has 1 atom stereocenters. The van der Waals surface area contributed by atoms with Crippen molar-refractivity contribution in [1.82, 2.24) is 0 Å². The third-order valence-corrected chi connectivity index (χ3v) is 5.93. The van der Waals surface area contributed by atoms with Gasteiger partial charge in [-0.15, -0.1) is 0 Å².